The molecule has 0 saturated heterocycles. The molecule has 3 amide bonds. The van der Waals surface area contributed by atoms with Crippen molar-refractivity contribution in [2.75, 3.05) is 18.5 Å². The molecule has 0 aromatic heterocycles. The van der Waals surface area contributed by atoms with E-state index in [-0.39, 0.29) is 19.1 Å². The number of para-hydroxylation sites is 1. The van der Waals surface area contributed by atoms with E-state index in [1.807, 2.05) is 32.0 Å². The maximum Gasteiger partial charge on any atom is 0.338 e. The fourth-order valence-corrected chi connectivity index (χ4v) is 3.52. The summed E-state index contributed by atoms with van der Waals surface area (Å²) in [7, 11) is 0. The molecular formula is C24H27N3O5. The summed E-state index contributed by atoms with van der Waals surface area (Å²) < 4.78 is 10.7. The number of nitrogens with one attached hydrogen (secondary N) is 3. The number of benzene rings is 2. The summed E-state index contributed by atoms with van der Waals surface area (Å²) in [4.78, 5) is 36.7. The normalized spacial score (nSPS) is 15.5. The predicted octanol–water partition coefficient (Wildman–Crippen LogP) is 3.51. The van der Waals surface area contributed by atoms with E-state index in [1.54, 1.807) is 38.1 Å². The average molecular weight is 437 g/mol. The monoisotopic (exact) mass is 437 g/mol. The van der Waals surface area contributed by atoms with Gasteiger partial charge in [0.2, 0.25) is 0 Å². The minimum absolute atomic E-state index is 0.149. The molecule has 0 bridgehead atoms. The molecule has 2 aromatic rings. The molecule has 3 rings (SSSR count). The molecule has 1 aliphatic heterocycles. The first-order valence-corrected chi connectivity index (χ1v) is 10.3. The molecule has 1 aliphatic rings. The Kier molecular flexibility index (Phi) is 7.14. The van der Waals surface area contributed by atoms with Crippen molar-refractivity contribution in [1.29, 1.82) is 0 Å². The molecule has 0 saturated carbocycles. The van der Waals surface area contributed by atoms with E-state index in [9.17, 15) is 14.4 Å². The molecule has 8 heteroatoms. The first kappa shape index (κ1) is 22.9. The number of urea groups is 1. The van der Waals surface area contributed by atoms with E-state index in [0.717, 1.165) is 16.8 Å². The molecule has 0 fully saturated rings. The molecule has 8 nitrogen and oxygen atoms in total. The molecule has 1 atom stereocenters. The van der Waals surface area contributed by atoms with Crippen LogP contribution in [0.25, 0.3) is 0 Å². The van der Waals surface area contributed by atoms with Crippen molar-refractivity contribution < 1.29 is 23.9 Å². The Labute approximate surface area is 187 Å². The van der Waals surface area contributed by atoms with Crippen molar-refractivity contribution in [3.63, 3.8) is 0 Å². The first-order valence-electron chi connectivity index (χ1n) is 10.3. The van der Waals surface area contributed by atoms with E-state index in [0.29, 0.717) is 22.6 Å². The van der Waals surface area contributed by atoms with Gasteiger partial charge in [-0.2, -0.15) is 0 Å². The second-order valence-corrected chi connectivity index (χ2v) is 7.46. The summed E-state index contributed by atoms with van der Waals surface area (Å²) >= 11 is 0. The van der Waals surface area contributed by atoms with Crippen LogP contribution < -0.4 is 20.7 Å². The standard InChI is InChI=1S/C24H27N3O5/c1-5-31-23(29)20-16(4)25-24(30)27-22(20)17-9-11-18(12-10-17)32-13-19(28)26-21-14(2)7-6-8-15(21)3/h6-12,22H,5,13H2,1-4H3,(H,26,28)(H2,25,27,30). The Morgan fingerprint density at radius 2 is 1.69 bits per heavy atom. The minimum Gasteiger partial charge on any atom is -0.484 e. The second kappa shape index (κ2) is 10.00. The zero-order valence-electron chi connectivity index (χ0n) is 18.6. The highest BCUT2D eigenvalue weighted by atomic mass is 16.5. The minimum atomic E-state index is -0.649. The zero-order chi connectivity index (χ0) is 23.3. The number of allylic oxidation sites excluding steroid dienone is 1. The quantitative estimate of drug-likeness (QED) is 0.575. The third-order valence-corrected chi connectivity index (χ3v) is 5.09. The van der Waals surface area contributed by atoms with Crippen LogP contribution in [-0.4, -0.2) is 31.1 Å². The van der Waals surface area contributed by atoms with Crippen LogP contribution in [-0.2, 0) is 14.3 Å². The number of rotatable bonds is 7. The SMILES string of the molecule is CCOC(=O)C1=C(C)NC(=O)NC1c1ccc(OCC(=O)Nc2c(C)cccc2C)cc1. The van der Waals surface area contributed by atoms with Gasteiger partial charge in [0.05, 0.1) is 18.2 Å². The fourth-order valence-electron chi connectivity index (χ4n) is 3.52. The van der Waals surface area contributed by atoms with Gasteiger partial charge in [-0.15, -0.1) is 0 Å². The fraction of sp³-hybridized carbons (Fsp3) is 0.292. The van der Waals surface area contributed by atoms with Gasteiger partial charge >= 0.3 is 12.0 Å². The lowest BCUT2D eigenvalue weighted by Gasteiger charge is -2.28. The number of aryl methyl sites for hydroxylation is 2. The van der Waals surface area contributed by atoms with E-state index in [4.69, 9.17) is 9.47 Å². The third-order valence-electron chi connectivity index (χ3n) is 5.09. The summed E-state index contributed by atoms with van der Waals surface area (Å²) in [6.45, 7) is 7.33. The predicted molar refractivity (Wildman–Crippen MR) is 120 cm³/mol. The molecule has 2 aromatic carbocycles. The van der Waals surface area contributed by atoms with Crippen molar-refractivity contribution >= 4 is 23.6 Å². The van der Waals surface area contributed by atoms with Crippen LogP contribution in [0.5, 0.6) is 5.75 Å². The number of ether oxygens (including phenoxy) is 2. The summed E-state index contributed by atoms with van der Waals surface area (Å²) in [5.41, 5.74) is 4.22. The third kappa shape index (κ3) is 5.26. The number of anilines is 1. The number of carbonyl (C=O) groups is 3. The topological polar surface area (TPSA) is 106 Å². The van der Waals surface area contributed by atoms with Gasteiger partial charge in [0.15, 0.2) is 6.61 Å². The Hall–Kier alpha value is -3.81. The van der Waals surface area contributed by atoms with Crippen LogP contribution in [0.15, 0.2) is 53.7 Å². The second-order valence-electron chi connectivity index (χ2n) is 7.46. The van der Waals surface area contributed by atoms with E-state index >= 15 is 0 Å². The lowest BCUT2D eigenvalue weighted by Crippen LogP contribution is -2.45. The molecule has 3 N–H and O–H groups in total. The molecule has 0 spiro atoms. The van der Waals surface area contributed by atoms with Crippen LogP contribution in [0.1, 0.15) is 36.6 Å². The number of carbonyl (C=O) groups excluding carboxylic acids is 3. The summed E-state index contributed by atoms with van der Waals surface area (Å²) in [6.07, 6.45) is 0. The van der Waals surface area contributed by atoms with E-state index < -0.39 is 18.0 Å². The highest BCUT2D eigenvalue weighted by Crippen LogP contribution is 2.29. The molecule has 1 heterocycles. The van der Waals surface area contributed by atoms with Gasteiger partial charge in [0.25, 0.3) is 5.91 Å². The molecule has 1 unspecified atom stereocenters. The Balaban J connectivity index is 1.68. The van der Waals surface area contributed by atoms with Crippen LogP contribution in [0.4, 0.5) is 10.5 Å². The molecule has 32 heavy (non-hydrogen) atoms. The van der Waals surface area contributed by atoms with Crippen LogP contribution in [0.3, 0.4) is 0 Å². The molecular weight excluding hydrogens is 410 g/mol. The zero-order valence-corrected chi connectivity index (χ0v) is 18.6. The van der Waals surface area contributed by atoms with Crippen molar-refractivity contribution in [2.45, 2.75) is 33.7 Å². The lowest BCUT2D eigenvalue weighted by atomic mass is 9.95. The number of esters is 1. The molecule has 168 valence electrons. The van der Waals surface area contributed by atoms with Gasteiger partial charge in [-0.3, -0.25) is 4.79 Å². The smallest absolute Gasteiger partial charge is 0.338 e. The lowest BCUT2D eigenvalue weighted by molar-refractivity contribution is -0.139. The van der Waals surface area contributed by atoms with Gasteiger partial charge in [-0.05, 0) is 56.5 Å². The summed E-state index contributed by atoms with van der Waals surface area (Å²) in [6, 6.07) is 11.6. The Morgan fingerprint density at radius 3 is 2.31 bits per heavy atom. The first-order chi connectivity index (χ1) is 15.3. The highest BCUT2D eigenvalue weighted by Gasteiger charge is 2.32. The maximum absolute atomic E-state index is 12.4. The van der Waals surface area contributed by atoms with Crippen molar-refractivity contribution in [1.82, 2.24) is 10.6 Å². The summed E-state index contributed by atoms with van der Waals surface area (Å²) in [5.74, 6) is -0.268. The van der Waals surface area contributed by atoms with E-state index in [1.165, 1.54) is 0 Å². The summed E-state index contributed by atoms with van der Waals surface area (Å²) in [5, 5.41) is 8.22. The highest BCUT2D eigenvalue weighted by molar-refractivity contribution is 5.95. The van der Waals surface area contributed by atoms with Crippen LogP contribution >= 0.6 is 0 Å². The van der Waals surface area contributed by atoms with Gasteiger partial charge in [0, 0.05) is 11.4 Å². The van der Waals surface area contributed by atoms with Gasteiger partial charge in [-0.25, -0.2) is 9.59 Å². The Morgan fingerprint density at radius 1 is 1.03 bits per heavy atom. The van der Waals surface area contributed by atoms with Crippen LogP contribution in [0.2, 0.25) is 0 Å². The number of amides is 3. The Bertz CT molecular complexity index is 1040. The van der Waals surface area contributed by atoms with Gasteiger partial charge in [0.1, 0.15) is 5.75 Å². The van der Waals surface area contributed by atoms with Crippen LogP contribution in [0, 0.1) is 13.8 Å². The van der Waals surface area contributed by atoms with Gasteiger partial charge < -0.3 is 25.4 Å². The van der Waals surface area contributed by atoms with E-state index in [2.05, 4.69) is 16.0 Å². The largest absolute Gasteiger partial charge is 0.484 e. The number of hydrogen-bond donors (Lipinski definition) is 3. The average Bonchev–Trinajstić information content (AvgIpc) is 2.75. The van der Waals surface area contributed by atoms with Crippen molar-refractivity contribution in [3.8, 4) is 5.75 Å². The number of hydrogen-bond acceptors (Lipinski definition) is 5. The molecule has 0 aliphatic carbocycles. The molecule has 0 radical (unpaired) electrons. The van der Waals surface area contributed by atoms with Crippen molar-refractivity contribution in [3.05, 3.63) is 70.4 Å². The van der Waals surface area contributed by atoms with Crippen molar-refractivity contribution in [2.24, 2.45) is 0 Å². The maximum atomic E-state index is 12.4. The van der Waals surface area contributed by atoms with Gasteiger partial charge in [-0.1, -0.05) is 30.3 Å².